The molecule has 0 radical (unpaired) electrons. The first-order valence-electron chi connectivity index (χ1n) is 9.08. The van der Waals surface area contributed by atoms with Gasteiger partial charge in [-0.1, -0.05) is 82.9 Å². The Balaban J connectivity index is 3.13. The van der Waals surface area contributed by atoms with E-state index in [1.54, 1.807) is 0 Å². The average Bonchev–Trinajstić information content (AvgIpc) is 2.45. The number of allylic oxidation sites excluding steroid dienone is 2. The van der Waals surface area contributed by atoms with Gasteiger partial charge in [0.05, 0.1) is 0 Å². The minimum atomic E-state index is -0.305. The van der Waals surface area contributed by atoms with Gasteiger partial charge in [0.25, 0.3) is 0 Å². The van der Waals surface area contributed by atoms with Crippen molar-refractivity contribution in [2.75, 3.05) is 0 Å². The number of aryl methyl sites for hydroxylation is 1. The van der Waals surface area contributed by atoms with E-state index >= 15 is 0 Å². The molecule has 0 aliphatic rings. The molecule has 0 atom stereocenters. The number of carbonyl (C=O) groups excluding carboxylic acids is 1. The zero-order chi connectivity index (χ0) is 17.5. The summed E-state index contributed by atoms with van der Waals surface area (Å²) in [6.45, 7) is 12.6. The molecule has 0 aliphatic carbocycles. The van der Waals surface area contributed by atoms with Gasteiger partial charge in [-0.2, -0.15) is 0 Å². The molecule has 1 nitrogen and oxygen atoms in total. The monoisotopic (exact) mass is 314 g/mol. The van der Waals surface area contributed by atoms with Crippen molar-refractivity contribution >= 4 is 5.78 Å². The van der Waals surface area contributed by atoms with Crippen molar-refractivity contribution in [2.45, 2.75) is 73.6 Å². The van der Waals surface area contributed by atoms with Gasteiger partial charge in [0.15, 0.2) is 5.78 Å². The van der Waals surface area contributed by atoms with E-state index in [0.717, 1.165) is 6.42 Å². The summed E-state index contributed by atoms with van der Waals surface area (Å²) in [6, 6.07) is 8.66. The Morgan fingerprint density at radius 3 is 2.22 bits per heavy atom. The quantitative estimate of drug-likeness (QED) is 0.515. The van der Waals surface area contributed by atoms with Gasteiger partial charge in [-0.25, -0.2) is 0 Å². The summed E-state index contributed by atoms with van der Waals surface area (Å²) >= 11 is 0. The lowest BCUT2D eigenvalue weighted by Gasteiger charge is -2.22. The van der Waals surface area contributed by atoms with Gasteiger partial charge in [0.2, 0.25) is 0 Å². The molecule has 0 spiro atoms. The predicted molar refractivity (Wildman–Crippen MR) is 101 cm³/mol. The molecule has 0 N–H and O–H groups in total. The molecule has 1 aromatic rings. The van der Waals surface area contributed by atoms with Crippen molar-refractivity contribution in [2.24, 2.45) is 11.3 Å². The molecule has 0 amide bonds. The van der Waals surface area contributed by atoms with Crippen molar-refractivity contribution in [1.29, 1.82) is 0 Å². The second-order valence-corrected chi connectivity index (χ2v) is 7.77. The van der Waals surface area contributed by atoms with Gasteiger partial charge in [-0.3, -0.25) is 4.79 Å². The highest BCUT2D eigenvalue weighted by Gasteiger charge is 2.22. The number of ketones is 1. The van der Waals surface area contributed by atoms with E-state index in [-0.39, 0.29) is 11.2 Å². The van der Waals surface area contributed by atoms with Gasteiger partial charge in [-0.05, 0) is 43.7 Å². The summed E-state index contributed by atoms with van der Waals surface area (Å²) in [6.07, 6.45) is 7.53. The Hall–Kier alpha value is -1.37. The van der Waals surface area contributed by atoms with Crippen molar-refractivity contribution in [3.05, 3.63) is 47.0 Å². The minimum absolute atomic E-state index is 0.248. The average molecular weight is 315 g/mol. The normalized spacial score (nSPS) is 12.7. The van der Waals surface area contributed by atoms with E-state index in [1.165, 1.54) is 42.4 Å². The van der Waals surface area contributed by atoms with Crippen LogP contribution in [0.25, 0.3) is 0 Å². The molecular weight excluding hydrogens is 280 g/mol. The maximum absolute atomic E-state index is 12.6. The molecule has 128 valence electrons. The van der Waals surface area contributed by atoms with Gasteiger partial charge in [0.1, 0.15) is 0 Å². The maximum Gasteiger partial charge on any atom is 0.160 e. The fourth-order valence-corrected chi connectivity index (χ4v) is 2.97. The van der Waals surface area contributed by atoms with Crippen LogP contribution in [0, 0.1) is 18.3 Å². The fraction of sp³-hybridized carbons (Fsp3) is 0.591. The summed E-state index contributed by atoms with van der Waals surface area (Å²) in [4.78, 5) is 12.6. The molecule has 1 aromatic carbocycles. The standard InChI is InChI=1S/C22H34O/c1-7-10-19(11-8-2)20(16-21(23)22(4,5)6)15-18-13-9-12-17(3)14-18/h9,12-14,16,19H,7-8,10-11,15H2,1-6H3/b20-16-. The van der Waals surface area contributed by atoms with Crippen LogP contribution in [0.2, 0.25) is 0 Å². The number of benzene rings is 1. The summed E-state index contributed by atoms with van der Waals surface area (Å²) < 4.78 is 0. The Morgan fingerprint density at radius 2 is 1.74 bits per heavy atom. The molecule has 0 bridgehead atoms. The third-order valence-corrected chi connectivity index (χ3v) is 4.35. The van der Waals surface area contributed by atoms with E-state index in [0.29, 0.717) is 5.92 Å². The van der Waals surface area contributed by atoms with Crippen molar-refractivity contribution < 1.29 is 4.79 Å². The zero-order valence-electron chi connectivity index (χ0n) is 15.9. The fourth-order valence-electron chi connectivity index (χ4n) is 2.97. The highest BCUT2D eigenvalue weighted by molar-refractivity contribution is 5.94. The van der Waals surface area contributed by atoms with Crippen LogP contribution in [0.1, 0.15) is 71.4 Å². The van der Waals surface area contributed by atoms with Gasteiger partial charge in [0, 0.05) is 5.41 Å². The van der Waals surface area contributed by atoms with Gasteiger partial charge in [-0.15, -0.1) is 0 Å². The largest absolute Gasteiger partial charge is 0.294 e. The second kappa shape index (κ2) is 9.05. The smallest absolute Gasteiger partial charge is 0.160 e. The number of hydrogen-bond donors (Lipinski definition) is 0. The van der Waals surface area contributed by atoms with Crippen LogP contribution in [0.15, 0.2) is 35.9 Å². The lowest BCUT2D eigenvalue weighted by atomic mass is 9.82. The van der Waals surface area contributed by atoms with E-state index in [9.17, 15) is 4.79 Å². The zero-order valence-corrected chi connectivity index (χ0v) is 15.9. The molecule has 0 aromatic heterocycles. The molecule has 0 heterocycles. The first-order chi connectivity index (χ1) is 10.8. The number of hydrogen-bond acceptors (Lipinski definition) is 1. The SMILES string of the molecule is CCCC(CCC)/C(=C\C(=O)C(C)(C)C)Cc1cccc(C)c1. The van der Waals surface area contributed by atoms with Gasteiger partial charge < -0.3 is 0 Å². The topological polar surface area (TPSA) is 17.1 Å². The number of rotatable bonds is 8. The van der Waals surface area contributed by atoms with Crippen LogP contribution in [0.3, 0.4) is 0 Å². The van der Waals surface area contributed by atoms with Crippen molar-refractivity contribution in [1.82, 2.24) is 0 Å². The lowest BCUT2D eigenvalue weighted by Crippen LogP contribution is -2.20. The molecule has 0 fully saturated rings. The Morgan fingerprint density at radius 1 is 1.13 bits per heavy atom. The number of carbonyl (C=O) groups is 1. The summed E-state index contributed by atoms with van der Waals surface area (Å²) in [7, 11) is 0. The minimum Gasteiger partial charge on any atom is -0.294 e. The Kier molecular flexibility index (Phi) is 7.75. The molecule has 1 rings (SSSR count). The lowest BCUT2D eigenvalue weighted by molar-refractivity contribution is -0.121. The summed E-state index contributed by atoms with van der Waals surface area (Å²) in [5.74, 6) is 0.772. The first-order valence-corrected chi connectivity index (χ1v) is 9.08. The summed E-state index contributed by atoms with van der Waals surface area (Å²) in [5, 5.41) is 0. The van der Waals surface area contributed by atoms with Crippen LogP contribution in [0.4, 0.5) is 0 Å². The van der Waals surface area contributed by atoms with E-state index in [1.807, 2.05) is 26.8 Å². The van der Waals surface area contributed by atoms with E-state index in [2.05, 4.69) is 45.0 Å². The van der Waals surface area contributed by atoms with E-state index in [4.69, 9.17) is 0 Å². The predicted octanol–water partition coefficient (Wildman–Crippen LogP) is 6.30. The molecular formula is C22H34O. The van der Waals surface area contributed by atoms with Crippen LogP contribution in [-0.2, 0) is 11.2 Å². The molecule has 0 aliphatic heterocycles. The van der Waals surface area contributed by atoms with Crippen LogP contribution < -0.4 is 0 Å². The molecule has 23 heavy (non-hydrogen) atoms. The van der Waals surface area contributed by atoms with Crippen LogP contribution >= 0.6 is 0 Å². The third kappa shape index (κ3) is 6.72. The van der Waals surface area contributed by atoms with Crippen molar-refractivity contribution in [3.8, 4) is 0 Å². The van der Waals surface area contributed by atoms with Crippen LogP contribution in [-0.4, -0.2) is 5.78 Å². The Bertz CT molecular complexity index is 525. The van der Waals surface area contributed by atoms with E-state index < -0.39 is 0 Å². The van der Waals surface area contributed by atoms with Gasteiger partial charge >= 0.3 is 0 Å². The molecule has 0 saturated heterocycles. The third-order valence-electron chi connectivity index (χ3n) is 4.35. The second-order valence-electron chi connectivity index (χ2n) is 7.77. The maximum atomic E-state index is 12.6. The van der Waals surface area contributed by atoms with Crippen molar-refractivity contribution in [3.63, 3.8) is 0 Å². The Labute approximate surface area is 143 Å². The molecule has 0 unspecified atom stereocenters. The highest BCUT2D eigenvalue weighted by Crippen LogP contribution is 2.28. The molecule has 1 heteroatoms. The van der Waals surface area contributed by atoms with Crippen LogP contribution in [0.5, 0.6) is 0 Å². The highest BCUT2D eigenvalue weighted by atomic mass is 16.1. The summed E-state index contributed by atoms with van der Waals surface area (Å²) in [5.41, 5.74) is 3.61. The molecule has 0 saturated carbocycles. The first kappa shape index (κ1) is 19.7.